The maximum Gasteiger partial charge on any atom is 0.168 e. The number of aryl methyl sites for hydroxylation is 1. The minimum absolute atomic E-state index is 0.105. The smallest absolute Gasteiger partial charge is 0.168 e. The van der Waals surface area contributed by atoms with Gasteiger partial charge >= 0.3 is 0 Å². The summed E-state index contributed by atoms with van der Waals surface area (Å²) in [7, 11) is 0. The Morgan fingerprint density at radius 1 is 1.14 bits per heavy atom. The molecule has 0 amide bonds. The fraction of sp³-hybridized carbons (Fsp3) is 0.294. The summed E-state index contributed by atoms with van der Waals surface area (Å²) in [5, 5.41) is 3.19. The summed E-state index contributed by atoms with van der Waals surface area (Å²) in [5.74, 6) is -0.415. The Labute approximate surface area is 123 Å². The van der Waals surface area contributed by atoms with Gasteiger partial charge in [0.15, 0.2) is 11.6 Å². The van der Waals surface area contributed by atoms with Crippen molar-refractivity contribution >= 4 is 0 Å². The van der Waals surface area contributed by atoms with E-state index in [1.807, 2.05) is 0 Å². The molecule has 0 aliphatic rings. The minimum Gasteiger partial charge on any atom is -0.454 e. The van der Waals surface area contributed by atoms with Crippen molar-refractivity contribution < 1.29 is 13.5 Å². The van der Waals surface area contributed by atoms with E-state index in [2.05, 4.69) is 12.2 Å². The van der Waals surface area contributed by atoms with Gasteiger partial charge in [-0.3, -0.25) is 0 Å². The van der Waals surface area contributed by atoms with Crippen LogP contribution in [0.4, 0.5) is 8.78 Å². The average molecular weight is 291 g/mol. The molecule has 2 rings (SSSR count). The lowest BCUT2D eigenvalue weighted by Crippen LogP contribution is -2.13. The number of hydrogen-bond acceptors (Lipinski definition) is 2. The number of halogens is 2. The van der Waals surface area contributed by atoms with Gasteiger partial charge < -0.3 is 10.1 Å². The highest BCUT2D eigenvalue weighted by atomic mass is 19.1. The topological polar surface area (TPSA) is 21.3 Å². The second-order valence-electron chi connectivity index (χ2n) is 4.96. The summed E-state index contributed by atoms with van der Waals surface area (Å²) in [5.41, 5.74) is 1.26. The second kappa shape index (κ2) is 7.18. The predicted molar refractivity (Wildman–Crippen MR) is 79.6 cm³/mol. The summed E-state index contributed by atoms with van der Waals surface area (Å²) in [6.07, 6.45) is 1.01. The van der Waals surface area contributed by atoms with Crippen molar-refractivity contribution in [2.24, 2.45) is 0 Å². The molecule has 0 heterocycles. The van der Waals surface area contributed by atoms with Gasteiger partial charge in [-0.05, 0) is 49.2 Å². The van der Waals surface area contributed by atoms with Crippen LogP contribution in [0.2, 0.25) is 0 Å². The molecule has 0 saturated carbocycles. The lowest BCUT2D eigenvalue weighted by molar-refractivity contribution is 0.435. The molecule has 2 aromatic carbocycles. The molecule has 0 radical (unpaired) electrons. The normalized spacial score (nSPS) is 10.7. The van der Waals surface area contributed by atoms with E-state index in [0.29, 0.717) is 17.9 Å². The number of ether oxygens (including phenoxy) is 1. The molecule has 0 aliphatic carbocycles. The fourth-order valence-corrected chi connectivity index (χ4v) is 2.02. The lowest BCUT2D eigenvalue weighted by atomic mass is 10.2. The van der Waals surface area contributed by atoms with Crippen molar-refractivity contribution in [3.05, 3.63) is 59.2 Å². The third-order valence-electron chi connectivity index (χ3n) is 3.07. The first-order valence-electron chi connectivity index (χ1n) is 7.03. The monoisotopic (exact) mass is 291 g/mol. The van der Waals surface area contributed by atoms with Gasteiger partial charge in [-0.2, -0.15) is 0 Å². The van der Waals surface area contributed by atoms with E-state index in [1.165, 1.54) is 18.2 Å². The van der Waals surface area contributed by atoms with Crippen LogP contribution in [-0.4, -0.2) is 6.54 Å². The Morgan fingerprint density at radius 2 is 1.95 bits per heavy atom. The summed E-state index contributed by atoms with van der Waals surface area (Å²) < 4.78 is 33.0. The van der Waals surface area contributed by atoms with Crippen LogP contribution in [-0.2, 0) is 6.54 Å². The van der Waals surface area contributed by atoms with Gasteiger partial charge in [0.25, 0.3) is 0 Å². The summed E-state index contributed by atoms with van der Waals surface area (Å²) in [6.45, 7) is 5.14. The van der Waals surface area contributed by atoms with Crippen LogP contribution in [0.15, 0.2) is 36.4 Å². The Kier molecular flexibility index (Phi) is 5.28. The van der Waals surface area contributed by atoms with Gasteiger partial charge in [0.1, 0.15) is 11.6 Å². The highest BCUT2D eigenvalue weighted by Gasteiger charge is 2.09. The van der Waals surface area contributed by atoms with E-state index in [4.69, 9.17) is 4.74 Å². The quantitative estimate of drug-likeness (QED) is 0.787. The van der Waals surface area contributed by atoms with E-state index in [-0.39, 0.29) is 5.75 Å². The molecule has 1 N–H and O–H groups in total. The highest BCUT2D eigenvalue weighted by Crippen LogP contribution is 2.27. The molecule has 0 spiro atoms. The molecule has 0 aliphatic heterocycles. The Bertz CT molecular complexity index is 614. The van der Waals surface area contributed by atoms with Gasteiger partial charge in [-0.25, -0.2) is 8.78 Å². The first-order chi connectivity index (χ1) is 10.1. The molecule has 2 nitrogen and oxygen atoms in total. The molecular formula is C17H19F2NO. The zero-order valence-corrected chi connectivity index (χ0v) is 12.2. The Morgan fingerprint density at radius 3 is 2.71 bits per heavy atom. The van der Waals surface area contributed by atoms with E-state index in [9.17, 15) is 8.78 Å². The molecule has 0 aromatic heterocycles. The molecular weight excluding hydrogens is 272 g/mol. The SMILES string of the molecule is CCCNCc1cc(F)cc(Oc2cccc(C)c2F)c1. The third-order valence-corrected chi connectivity index (χ3v) is 3.07. The molecule has 0 saturated heterocycles. The second-order valence-corrected chi connectivity index (χ2v) is 4.96. The van der Waals surface area contributed by atoms with Crippen molar-refractivity contribution in [2.75, 3.05) is 6.54 Å². The highest BCUT2D eigenvalue weighted by molar-refractivity contribution is 5.37. The van der Waals surface area contributed by atoms with E-state index in [1.54, 1.807) is 25.1 Å². The lowest BCUT2D eigenvalue weighted by Gasteiger charge is -2.10. The predicted octanol–water partition coefficient (Wildman–Crippen LogP) is 4.57. The van der Waals surface area contributed by atoms with Crippen molar-refractivity contribution in [1.29, 1.82) is 0 Å². The Hall–Kier alpha value is -1.94. The first-order valence-corrected chi connectivity index (χ1v) is 7.03. The maximum atomic E-state index is 13.9. The fourth-order valence-electron chi connectivity index (χ4n) is 2.02. The van der Waals surface area contributed by atoms with Gasteiger partial charge in [0.2, 0.25) is 0 Å². The van der Waals surface area contributed by atoms with Crippen LogP contribution in [0.1, 0.15) is 24.5 Å². The molecule has 4 heteroatoms. The van der Waals surface area contributed by atoms with Crippen molar-refractivity contribution in [2.45, 2.75) is 26.8 Å². The van der Waals surface area contributed by atoms with E-state index in [0.717, 1.165) is 18.5 Å². The molecule has 0 unspecified atom stereocenters. The zero-order valence-electron chi connectivity index (χ0n) is 12.2. The van der Waals surface area contributed by atoms with Gasteiger partial charge in [0.05, 0.1) is 0 Å². The minimum atomic E-state index is -0.424. The number of nitrogens with one attached hydrogen (secondary N) is 1. The van der Waals surface area contributed by atoms with Crippen LogP contribution in [0.5, 0.6) is 11.5 Å². The average Bonchev–Trinajstić information content (AvgIpc) is 2.44. The summed E-state index contributed by atoms with van der Waals surface area (Å²) in [4.78, 5) is 0. The summed E-state index contributed by atoms with van der Waals surface area (Å²) >= 11 is 0. The number of hydrogen-bond donors (Lipinski definition) is 1. The maximum absolute atomic E-state index is 13.9. The molecule has 0 bridgehead atoms. The van der Waals surface area contributed by atoms with Crippen LogP contribution < -0.4 is 10.1 Å². The van der Waals surface area contributed by atoms with Crippen LogP contribution >= 0.6 is 0 Å². The molecule has 2 aromatic rings. The van der Waals surface area contributed by atoms with Crippen molar-refractivity contribution in [1.82, 2.24) is 5.32 Å². The summed E-state index contributed by atoms with van der Waals surface area (Å²) in [6, 6.07) is 9.31. The first kappa shape index (κ1) is 15.4. The van der Waals surface area contributed by atoms with Gasteiger partial charge in [0, 0.05) is 12.6 Å². The van der Waals surface area contributed by atoms with E-state index >= 15 is 0 Å². The largest absolute Gasteiger partial charge is 0.454 e. The molecule has 112 valence electrons. The Balaban J connectivity index is 2.17. The standard InChI is InChI=1S/C17H19F2NO/c1-3-7-20-11-13-8-14(18)10-15(9-13)21-16-6-4-5-12(2)17(16)19/h4-6,8-10,20H,3,7,11H2,1-2H3. The number of benzene rings is 2. The van der Waals surface area contributed by atoms with Crippen LogP contribution in [0, 0.1) is 18.6 Å². The van der Waals surface area contributed by atoms with Crippen LogP contribution in [0.25, 0.3) is 0 Å². The molecule has 0 atom stereocenters. The van der Waals surface area contributed by atoms with E-state index < -0.39 is 11.6 Å². The number of rotatable bonds is 6. The molecule has 21 heavy (non-hydrogen) atoms. The third kappa shape index (κ3) is 4.26. The van der Waals surface area contributed by atoms with Crippen molar-refractivity contribution in [3.8, 4) is 11.5 Å². The van der Waals surface area contributed by atoms with Gasteiger partial charge in [-0.15, -0.1) is 0 Å². The van der Waals surface area contributed by atoms with Crippen LogP contribution in [0.3, 0.4) is 0 Å². The zero-order chi connectivity index (χ0) is 15.2. The van der Waals surface area contributed by atoms with Crippen molar-refractivity contribution in [3.63, 3.8) is 0 Å². The van der Waals surface area contributed by atoms with Gasteiger partial charge in [-0.1, -0.05) is 19.1 Å². The molecule has 0 fully saturated rings.